The number of amides is 1. The first-order valence-electron chi connectivity index (χ1n) is 7.39. The van der Waals surface area contributed by atoms with E-state index in [9.17, 15) is 4.79 Å². The lowest BCUT2D eigenvalue weighted by Crippen LogP contribution is -2.26. The fraction of sp³-hybridized carbons (Fsp3) is 0.471. The van der Waals surface area contributed by atoms with Crippen molar-refractivity contribution in [2.75, 3.05) is 11.9 Å². The van der Waals surface area contributed by atoms with Gasteiger partial charge in [0.15, 0.2) is 0 Å². The van der Waals surface area contributed by atoms with Crippen LogP contribution < -0.4 is 11.1 Å². The van der Waals surface area contributed by atoms with Gasteiger partial charge in [-0.05, 0) is 49.8 Å². The molecule has 3 N–H and O–H groups in total. The predicted octanol–water partition coefficient (Wildman–Crippen LogP) is 3.42. The lowest BCUT2D eigenvalue weighted by atomic mass is 9.82. The van der Waals surface area contributed by atoms with Gasteiger partial charge in [0, 0.05) is 16.5 Å². The molecular weight excluding hydrogens is 284 g/mol. The molecule has 0 aromatic heterocycles. The highest BCUT2D eigenvalue weighted by molar-refractivity contribution is 6.31. The second-order valence-electron chi connectivity index (χ2n) is 5.64. The van der Waals surface area contributed by atoms with Gasteiger partial charge in [0.1, 0.15) is 0 Å². The lowest BCUT2D eigenvalue weighted by Gasteiger charge is -2.25. The molecule has 0 saturated heterocycles. The first-order chi connectivity index (χ1) is 10.1. The smallest absolute Gasteiger partial charge is 0.227 e. The van der Waals surface area contributed by atoms with Crippen molar-refractivity contribution < 1.29 is 4.79 Å². The Morgan fingerprint density at radius 1 is 1.38 bits per heavy atom. The number of rotatable bonds is 2. The van der Waals surface area contributed by atoms with Gasteiger partial charge in [-0.3, -0.25) is 4.79 Å². The summed E-state index contributed by atoms with van der Waals surface area (Å²) in [6, 6.07) is 5.31. The van der Waals surface area contributed by atoms with Crippen molar-refractivity contribution >= 4 is 23.2 Å². The molecule has 1 aromatic rings. The van der Waals surface area contributed by atoms with Crippen molar-refractivity contribution in [1.82, 2.24) is 0 Å². The minimum Gasteiger partial charge on any atom is -0.325 e. The van der Waals surface area contributed by atoms with E-state index in [-0.39, 0.29) is 18.4 Å². The van der Waals surface area contributed by atoms with Crippen LogP contribution in [0.5, 0.6) is 0 Å². The summed E-state index contributed by atoms with van der Waals surface area (Å²) >= 11 is 6.02. The quantitative estimate of drug-likeness (QED) is 0.823. The third-order valence-corrected chi connectivity index (χ3v) is 4.19. The maximum atomic E-state index is 12.4. The molecule has 112 valence electrons. The van der Waals surface area contributed by atoms with E-state index in [1.54, 1.807) is 12.1 Å². The Kier molecular flexibility index (Phi) is 5.67. The zero-order valence-corrected chi connectivity index (χ0v) is 13.0. The maximum absolute atomic E-state index is 12.4. The lowest BCUT2D eigenvalue weighted by molar-refractivity contribution is -0.121. The van der Waals surface area contributed by atoms with E-state index in [1.165, 1.54) is 0 Å². The molecule has 0 unspecified atom stereocenters. The van der Waals surface area contributed by atoms with E-state index in [0.29, 0.717) is 10.7 Å². The third-order valence-electron chi connectivity index (χ3n) is 3.95. The van der Waals surface area contributed by atoms with E-state index in [0.717, 1.165) is 37.2 Å². The molecule has 0 aliphatic heterocycles. The summed E-state index contributed by atoms with van der Waals surface area (Å²) in [5.41, 5.74) is 6.83. The SMILES string of the molecule is CC1CCC(C(=O)Nc2cc(Cl)ccc2C#CCN)CC1. The number of hydrogen-bond donors (Lipinski definition) is 2. The van der Waals surface area contributed by atoms with E-state index in [4.69, 9.17) is 17.3 Å². The molecule has 2 rings (SSSR count). The van der Waals surface area contributed by atoms with Gasteiger partial charge in [-0.25, -0.2) is 0 Å². The topological polar surface area (TPSA) is 55.1 Å². The minimum atomic E-state index is 0.0694. The molecule has 3 nitrogen and oxygen atoms in total. The number of halogens is 1. The van der Waals surface area contributed by atoms with Crippen molar-refractivity contribution in [3.05, 3.63) is 28.8 Å². The Labute approximate surface area is 131 Å². The molecule has 1 fully saturated rings. The molecule has 0 atom stereocenters. The molecular formula is C17H21ClN2O. The number of nitrogens with two attached hydrogens (primary N) is 1. The molecule has 1 aliphatic carbocycles. The fourth-order valence-electron chi connectivity index (χ4n) is 2.63. The van der Waals surface area contributed by atoms with Crippen LogP contribution in [0.25, 0.3) is 0 Å². The van der Waals surface area contributed by atoms with Gasteiger partial charge in [-0.1, -0.05) is 30.4 Å². The van der Waals surface area contributed by atoms with Gasteiger partial charge >= 0.3 is 0 Å². The summed E-state index contributed by atoms with van der Waals surface area (Å²) < 4.78 is 0. The van der Waals surface area contributed by atoms with Crippen LogP contribution in [-0.2, 0) is 4.79 Å². The van der Waals surface area contributed by atoms with Gasteiger partial charge in [0.25, 0.3) is 0 Å². The Morgan fingerprint density at radius 2 is 2.10 bits per heavy atom. The summed E-state index contributed by atoms with van der Waals surface area (Å²) in [5, 5.41) is 3.56. The predicted molar refractivity (Wildman–Crippen MR) is 87.1 cm³/mol. The van der Waals surface area contributed by atoms with Crippen LogP contribution in [0.15, 0.2) is 18.2 Å². The second kappa shape index (κ2) is 7.49. The van der Waals surface area contributed by atoms with Crippen LogP contribution in [0.3, 0.4) is 0 Å². The van der Waals surface area contributed by atoms with Crippen LogP contribution >= 0.6 is 11.6 Å². The number of hydrogen-bond acceptors (Lipinski definition) is 2. The Bertz CT molecular complexity index is 566. The largest absolute Gasteiger partial charge is 0.325 e. The number of carbonyl (C=O) groups excluding carboxylic acids is 1. The highest BCUT2D eigenvalue weighted by Gasteiger charge is 2.24. The minimum absolute atomic E-state index is 0.0694. The summed E-state index contributed by atoms with van der Waals surface area (Å²) in [7, 11) is 0. The first-order valence-corrected chi connectivity index (χ1v) is 7.77. The maximum Gasteiger partial charge on any atom is 0.227 e. The van der Waals surface area contributed by atoms with Crippen molar-refractivity contribution in [1.29, 1.82) is 0 Å². The zero-order valence-electron chi connectivity index (χ0n) is 12.3. The monoisotopic (exact) mass is 304 g/mol. The van der Waals surface area contributed by atoms with Crippen LogP contribution in [0.2, 0.25) is 5.02 Å². The average molecular weight is 305 g/mol. The van der Waals surface area contributed by atoms with Gasteiger partial charge in [-0.15, -0.1) is 0 Å². The highest BCUT2D eigenvalue weighted by atomic mass is 35.5. The van der Waals surface area contributed by atoms with Crippen LogP contribution in [0.4, 0.5) is 5.69 Å². The Hall–Kier alpha value is -1.50. The van der Waals surface area contributed by atoms with Gasteiger partial charge < -0.3 is 11.1 Å². The van der Waals surface area contributed by atoms with Crippen LogP contribution in [-0.4, -0.2) is 12.5 Å². The highest BCUT2D eigenvalue weighted by Crippen LogP contribution is 2.30. The molecule has 4 heteroatoms. The van der Waals surface area contributed by atoms with Gasteiger partial charge in [0.2, 0.25) is 5.91 Å². The van der Waals surface area contributed by atoms with Gasteiger partial charge in [0.05, 0.1) is 12.2 Å². The summed E-state index contributed by atoms with van der Waals surface area (Å²) in [4.78, 5) is 12.4. The molecule has 1 amide bonds. The van der Waals surface area contributed by atoms with Crippen molar-refractivity contribution in [3.8, 4) is 11.8 Å². The third kappa shape index (κ3) is 4.49. The Balaban J connectivity index is 2.11. The number of carbonyl (C=O) groups is 1. The van der Waals surface area contributed by atoms with Gasteiger partial charge in [-0.2, -0.15) is 0 Å². The average Bonchev–Trinajstić information content (AvgIpc) is 2.47. The molecule has 1 aromatic carbocycles. The zero-order chi connectivity index (χ0) is 15.2. The molecule has 0 radical (unpaired) electrons. The van der Waals surface area contributed by atoms with E-state index >= 15 is 0 Å². The first kappa shape index (κ1) is 15.9. The van der Waals surface area contributed by atoms with Crippen molar-refractivity contribution in [2.24, 2.45) is 17.6 Å². The number of benzene rings is 1. The summed E-state index contributed by atoms with van der Waals surface area (Å²) in [5.74, 6) is 6.66. The van der Waals surface area contributed by atoms with E-state index < -0.39 is 0 Å². The Morgan fingerprint density at radius 3 is 2.76 bits per heavy atom. The second-order valence-corrected chi connectivity index (χ2v) is 6.08. The van der Waals surface area contributed by atoms with Crippen LogP contribution in [0, 0.1) is 23.7 Å². The summed E-state index contributed by atoms with van der Waals surface area (Å²) in [6.07, 6.45) is 4.15. The molecule has 21 heavy (non-hydrogen) atoms. The standard InChI is InChI=1S/C17H21ClN2O/c1-12-4-6-14(7-5-12)17(21)20-16-11-15(18)9-8-13(16)3-2-10-19/h8-9,11-12,14H,4-7,10,19H2,1H3,(H,20,21). The molecule has 1 saturated carbocycles. The molecule has 0 heterocycles. The molecule has 1 aliphatic rings. The van der Waals surface area contributed by atoms with Crippen molar-refractivity contribution in [2.45, 2.75) is 32.6 Å². The molecule has 0 spiro atoms. The number of anilines is 1. The van der Waals surface area contributed by atoms with Crippen LogP contribution in [0.1, 0.15) is 38.2 Å². The fourth-order valence-corrected chi connectivity index (χ4v) is 2.80. The normalized spacial score (nSPS) is 21.3. The van der Waals surface area contributed by atoms with E-state index in [1.807, 2.05) is 6.07 Å². The van der Waals surface area contributed by atoms with Crippen molar-refractivity contribution in [3.63, 3.8) is 0 Å². The molecule has 0 bridgehead atoms. The van der Waals surface area contributed by atoms with E-state index in [2.05, 4.69) is 24.1 Å². The summed E-state index contributed by atoms with van der Waals surface area (Å²) in [6.45, 7) is 2.53. The number of nitrogens with one attached hydrogen (secondary N) is 1.